The second kappa shape index (κ2) is 11.5. The molecule has 3 rings (SSSR count). The molecule has 0 spiro atoms. The summed E-state index contributed by atoms with van der Waals surface area (Å²) in [6.45, 7) is 2.12. The van der Waals surface area contributed by atoms with E-state index in [2.05, 4.69) is 110 Å². The lowest BCUT2D eigenvalue weighted by Crippen LogP contribution is -3.00. The first-order valence-electron chi connectivity index (χ1n) is 9.65. The van der Waals surface area contributed by atoms with Gasteiger partial charge in [0, 0.05) is 0 Å². The Kier molecular flexibility index (Phi) is 9.37. The predicted molar refractivity (Wildman–Crippen MR) is 120 cm³/mol. The van der Waals surface area contributed by atoms with Crippen LogP contribution in [-0.4, -0.2) is 17.4 Å². The van der Waals surface area contributed by atoms with Crippen LogP contribution in [0.1, 0.15) is 19.8 Å². The Morgan fingerprint density at radius 2 is 1.11 bits per heavy atom. The summed E-state index contributed by atoms with van der Waals surface area (Å²) in [4.78, 5) is 0. The molecule has 1 atom stereocenters. The molecule has 0 aliphatic carbocycles. The van der Waals surface area contributed by atoms with E-state index >= 15 is 0 Å². The first-order valence-corrected chi connectivity index (χ1v) is 11.6. The van der Waals surface area contributed by atoms with Crippen molar-refractivity contribution in [1.29, 1.82) is 0 Å². The van der Waals surface area contributed by atoms with Gasteiger partial charge in [0.1, 0.15) is 23.2 Å². The van der Waals surface area contributed by atoms with Crippen molar-refractivity contribution < 1.29 is 29.1 Å². The molecule has 0 radical (unpaired) electrons. The number of aliphatic hydroxyl groups excluding tert-OH is 1. The maximum absolute atomic E-state index is 11.0. The monoisotopic (exact) mass is 502 g/mol. The zero-order valence-electron chi connectivity index (χ0n) is 16.3. The highest BCUT2D eigenvalue weighted by Crippen LogP contribution is 2.55. The minimum Gasteiger partial charge on any atom is -1.00 e. The van der Waals surface area contributed by atoms with Crippen LogP contribution < -0.4 is 39.9 Å². The Balaban J connectivity index is 0.00000280. The molecule has 0 saturated heterocycles. The highest BCUT2D eigenvalue weighted by Gasteiger charge is 2.46. The van der Waals surface area contributed by atoms with Crippen molar-refractivity contribution in [3.05, 3.63) is 103 Å². The second-order valence-electron chi connectivity index (χ2n) is 6.77. The number of halogens is 1. The Morgan fingerprint density at radius 3 is 1.46 bits per heavy atom. The van der Waals surface area contributed by atoms with Crippen molar-refractivity contribution in [1.82, 2.24) is 0 Å². The minimum absolute atomic E-state index is 0. The summed E-state index contributed by atoms with van der Waals surface area (Å²) < 4.78 is 0. The fraction of sp³-hybridized carbons (Fsp3) is 0.200. The molecule has 0 aliphatic rings. The summed E-state index contributed by atoms with van der Waals surface area (Å²) in [5.41, 5.74) is 0. The molecule has 28 heavy (non-hydrogen) atoms. The van der Waals surface area contributed by atoms with Crippen LogP contribution in [0.4, 0.5) is 0 Å². The second-order valence-corrected chi connectivity index (χ2v) is 10.3. The van der Waals surface area contributed by atoms with Crippen LogP contribution in [0.25, 0.3) is 0 Å². The number of hydrogen-bond donors (Lipinski definition) is 1. The normalized spacial score (nSPS) is 12.5. The molecule has 0 amide bonds. The third-order valence-electron chi connectivity index (χ3n) is 4.89. The van der Waals surface area contributed by atoms with Crippen molar-refractivity contribution in [2.45, 2.75) is 25.9 Å². The zero-order valence-corrected chi connectivity index (χ0v) is 19.3. The van der Waals surface area contributed by atoms with E-state index in [4.69, 9.17) is 0 Å². The van der Waals surface area contributed by atoms with E-state index < -0.39 is 7.26 Å². The van der Waals surface area contributed by atoms with Crippen molar-refractivity contribution in [2.75, 3.05) is 6.16 Å². The molecule has 0 fully saturated rings. The average Bonchev–Trinajstić information content (AvgIpc) is 2.74. The molecule has 0 heterocycles. The number of benzene rings is 3. The summed E-state index contributed by atoms with van der Waals surface area (Å²) >= 11 is 0. The first-order chi connectivity index (χ1) is 13.3. The number of hydrogen-bond acceptors (Lipinski definition) is 1. The van der Waals surface area contributed by atoms with Gasteiger partial charge in [-0.05, 0) is 49.2 Å². The molecule has 0 bridgehead atoms. The van der Waals surface area contributed by atoms with Crippen molar-refractivity contribution in [3.63, 3.8) is 0 Å². The predicted octanol–water partition coefficient (Wildman–Crippen LogP) is 1.70. The fourth-order valence-electron chi connectivity index (χ4n) is 3.62. The van der Waals surface area contributed by atoms with Crippen LogP contribution in [0, 0.1) is 0 Å². The van der Waals surface area contributed by atoms with E-state index in [1.165, 1.54) is 15.9 Å². The van der Waals surface area contributed by atoms with E-state index in [-0.39, 0.29) is 30.1 Å². The molecule has 3 aromatic rings. The van der Waals surface area contributed by atoms with Crippen molar-refractivity contribution >= 4 is 23.2 Å². The Hall–Kier alpha value is -1.48. The van der Waals surface area contributed by atoms with Crippen molar-refractivity contribution in [2.24, 2.45) is 0 Å². The van der Waals surface area contributed by atoms with Crippen LogP contribution >= 0.6 is 7.26 Å². The van der Waals surface area contributed by atoms with Crippen LogP contribution in [0.15, 0.2) is 103 Å². The van der Waals surface area contributed by atoms with Gasteiger partial charge in [-0.25, -0.2) is 0 Å². The van der Waals surface area contributed by atoms with Crippen LogP contribution in [0.3, 0.4) is 0 Å². The van der Waals surface area contributed by atoms with Gasteiger partial charge in [0.25, 0.3) is 0 Å². The third kappa shape index (κ3) is 5.31. The van der Waals surface area contributed by atoms with Gasteiger partial charge in [-0.3, -0.25) is 0 Å². The van der Waals surface area contributed by atoms with Gasteiger partial charge >= 0.3 is 0 Å². The topological polar surface area (TPSA) is 20.2 Å². The Bertz CT molecular complexity index is 738. The maximum atomic E-state index is 11.0. The van der Waals surface area contributed by atoms with Gasteiger partial charge in [-0.15, -0.1) is 0 Å². The van der Waals surface area contributed by atoms with E-state index in [0.717, 1.165) is 12.6 Å². The lowest BCUT2D eigenvalue weighted by Gasteiger charge is -2.29. The number of rotatable bonds is 8. The Morgan fingerprint density at radius 1 is 0.714 bits per heavy atom. The summed E-state index contributed by atoms with van der Waals surface area (Å²) in [7, 11) is -1.94. The van der Waals surface area contributed by atoms with Crippen LogP contribution in [0.2, 0.25) is 0 Å². The SMILES string of the molecule is CC/C=C/CC(O)C[P+](c1ccccc1)(c1ccccc1)c1ccccc1.[I-]. The lowest BCUT2D eigenvalue weighted by atomic mass is 10.2. The summed E-state index contributed by atoms with van der Waals surface area (Å²) in [5.74, 6) is 0. The summed E-state index contributed by atoms with van der Waals surface area (Å²) in [5, 5.41) is 14.9. The molecule has 1 unspecified atom stereocenters. The van der Waals surface area contributed by atoms with Crippen LogP contribution in [-0.2, 0) is 0 Å². The van der Waals surface area contributed by atoms with E-state index in [0.29, 0.717) is 6.42 Å². The standard InChI is InChI=1S/C25H28OP.HI/c1-2-3-7-14-22(26)21-27(23-15-8-4-9-16-23,24-17-10-5-11-18-24)25-19-12-6-13-20-25;/h3-13,15-20,22,26H,2,14,21H2,1H3;1H/q+1;/p-1/b7-3+;. The average molecular weight is 502 g/mol. The van der Waals surface area contributed by atoms with Crippen molar-refractivity contribution in [3.8, 4) is 0 Å². The number of aliphatic hydroxyl groups is 1. The molecule has 0 saturated carbocycles. The zero-order chi connectivity index (χ0) is 19.0. The molecule has 1 N–H and O–H groups in total. The molecule has 0 aliphatic heterocycles. The third-order valence-corrected chi connectivity index (χ3v) is 9.39. The maximum Gasteiger partial charge on any atom is 0.114 e. The lowest BCUT2D eigenvalue weighted by molar-refractivity contribution is -0.00000749. The minimum atomic E-state index is -1.94. The molecule has 0 aromatic heterocycles. The largest absolute Gasteiger partial charge is 1.00 e. The molecular formula is C25H28IOP. The van der Waals surface area contributed by atoms with Gasteiger partial charge in [-0.1, -0.05) is 73.7 Å². The highest BCUT2D eigenvalue weighted by atomic mass is 127. The molecule has 146 valence electrons. The highest BCUT2D eigenvalue weighted by molar-refractivity contribution is 7.95. The fourth-order valence-corrected chi connectivity index (χ4v) is 7.97. The molecule has 3 heteroatoms. The number of allylic oxidation sites excluding steroid dienone is 1. The Labute approximate surface area is 186 Å². The van der Waals surface area contributed by atoms with E-state index in [1.807, 2.05) is 0 Å². The van der Waals surface area contributed by atoms with E-state index in [1.54, 1.807) is 0 Å². The van der Waals surface area contributed by atoms with Gasteiger partial charge in [0.15, 0.2) is 0 Å². The quantitative estimate of drug-likeness (QED) is 0.283. The molecular weight excluding hydrogens is 474 g/mol. The van der Waals surface area contributed by atoms with Gasteiger partial charge in [0.05, 0.1) is 12.3 Å². The van der Waals surface area contributed by atoms with E-state index in [9.17, 15) is 5.11 Å². The van der Waals surface area contributed by atoms with Gasteiger partial charge in [-0.2, -0.15) is 0 Å². The smallest absolute Gasteiger partial charge is 0.114 e. The molecule has 1 nitrogen and oxygen atoms in total. The van der Waals surface area contributed by atoms with Crippen LogP contribution in [0.5, 0.6) is 0 Å². The van der Waals surface area contributed by atoms with Gasteiger partial charge in [0.2, 0.25) is 0 Å². The first kappa shape index (κ1) is 22.8. The van der Waals surface area contributed by atoms with Gasteiger partial charge < -0.3 is 29.1 Å². The summed E-state index contributed by atoms with van der Waals surface area (Å²) in [6.07, 6.45) is 6.32. The summed E-state index contributed by atoms with van der Waals surface area (Å²) in [6, 6.07) is 32.2. The molecule has 3 aromatic carbocycles.